The molecule has 0 saturated heterocycles. The van der Waals surface area contributed by atoms with Crippen molar-refractivity contribution in [3.63, 3.8) is 0 Å². The number of nitrogens with one attached hydrogen (secondary N) is 1. The van der Waals surface area contributed by atoms with Crippen LogP contribution in [-0.2, 0) is 9.53 Å². The summed E-state index contributed by atoms with van der Waals surface area (Å²) in [5, 5.41) is 3.07. The van der Waals surface area contributed by atoms with E-state index in [0.717, 1.165) is 11.1 Å². The quantitative estimate of drug-likeness (QED) is 0.860. The molecule has 5 nitrogen and oxygen atoms in total. The van der Waals surface area contributed by atoms with Crippen molar-refractivity contribution < 1.29 is 14.3 Å². The van der Waals surface area contributed by atoms with Crippen molar-refractivity contribution in [3.05, 3.63) is 60.4 Å². The maximum Gasteiger partial charge on any atom is 0.328 e. The number of benzene rings is 1. The predicted molar refractivity (Wildman–Crippen MR) is 86.9 cm³/mol. The first-order valence-electron chi connectivity index (χ1n) is 7.57. The number of nitrogens with zero attached hydrogens (tertiary/aromatic N) is 1. The van der Waals surface area contributed by atoms with Gasteiger partial charge in [0.25, 0.3) is 0 Å². The molecule has 1 aromatic heterocycles. The van der Waals surface area contributed by atoms with Crippen LogP contribution in [0.15, 0.2) is 54.9 Å². The minimum absolute atomic E-state index is 0.223. The molecule has 118 valence electrons. The molecule has 23 heavy (non-hydrogen) atoms. The third-order valence-corrected chi connectivity index (χ3v) is 3.52. The highest BCUT2D eigenvalue weighted by Gasteiger charge is 2.25. The zero-order chi connectivity index (χ0) is 16.1. The molecule has 1 aliphatic rings. The lowest BCUT2D eigenvalue weighted by Crippen LogP contribution is -2.31. The summed E-state index contributed by atoms with van der Waals surface area (Å²) >= 11 is 0. The summed E-state index contributed by atoms with van der Waals surface area (Å²) in [6, 6.07) is 12.9. The predicted octanol–water partition coefficient (Wildman–Crippen LogP) is 3.14. The summed E-state index contributed by atoms with van der Waals surface area (Å²) in [5.74, 6) is 1.04. The Morgan fingerprint density at radius 3 is 3.00 bits per heavy atom. The Bertz CT molecular complexity index is 713. The highest BCUT2D eigenvalue weighted by atomic mass is 16.5. The van der Waals surface area contributed by atoms with Gasteiger partial charge in [-0.15, -0.1) is 0 Å². The molecule has 1 unspecified atom stereocenters. The largest absolute Gasteiger partial charge is 0.464 e. The van der Waals surface area contributed by atoms with Crippen LogP contribution < -0.4 is 10.1 Å². The number of carbonyl (C=O) groups is 1. The van der Waals surface area contributed by atoms with E-state index in [2.05, 4.69) is 10.3 Å². The summed E-state index contributed by atoms with van der Waals surface area (Å²) in [6.07, 6.45) is 4.15. The van der Waals surface area contributed by atoms with Crippen molar-refractivity contribution in [1.82, 2.24) is 10.3 Å². The van der Waals surface area contributed by atoms with Gasteiger partial charge in [0.1, 0.15) is 11.8 Å². The Kier molecular flexibility index (Phi) is 4.57. The van der Waals surface area contributed by atoms with Crippen LogP contribution in [0.4, 0.5) is 0 Å². The van der Waals surface area contributed by atoms with Crippen LogP contribution in [0.5, 0.6) is 11.6 Å². The molecule has 5 heteroatoms. The maximum absolute atomic E-state index is 11.8. The first kappa shape index (κ1) is 15.1. The van der Waals surface area contributed by atoms with Crippen LogP contribution in [0.25, 0.3) is 5.57 Å². The highest BCUT2D eigenvalue weighted by molar-refractivity contribution is 5.82. The zero-order valence-electron chi connectivity index (χ0n) is 12.9. The van der Waals surface area contributed by atoms with Gasteiger partial charge in [0.2, 0.25) is 5.88 Å². The molecular weight excluding hydrogens is 292 g/mol. The van der Waals surface area contributed by atoms with Crippen LogP contribution in [0.3, 0.4) is 0 Å². The van der Waals surface area contributed by atoms with Crippen molar-refractivity contribution in [2.24, 2.45) is 0 Å². The van der Waals surface area contributed by atoms with Crippen molar-refractivity contribution in [3.8, 4) is 11.6 Å². The van der Waals surface area contributed by atoms with Crippen LogP contribution in [-0.4, -0.2) is 23.6 Å². The number of hydrogen-bond donors (Lipinski definition) is 1. The normalized spacial score (nSPS) is 16.4. The molecule has 1 N–H and O–H groups in total. The van der Waals surface area contributed by atoms with E-state index in [1.165, 1.54) is 0 Å². The molecule has 0 amide bonds. The molecule has 1 atom stereocenters. The van der Waals surface area contributed by atoms with E-state index in [-0.39, 0.29) is 12.0 Å². The van der Waals surface area contributed by atoms with Crippen LogP contribution in [0, 0.1) is 0 Å². The minimum atomic E-state index is -0.315. The second-order valence-electron chi connectivity index (χ2n) is 5.14. The fourth-order valence-corrected chi connectivity index (χ4v) is 2.42. The average molecular weight is 310 g/mol. The van der Waals surface area contributed by atoms with Gasteiger partial charge in [0.05, 0.1) is 6.61 Å². The Balaban J connectivity index is 1.70. The molecule has 0 aliphatic carbocycles. The Labute approximate surface area is 135 Å². The standard InChI is InChI=1S/C18H18N2O3/c1-2-22-18(21)16-11-14(12-20-16)13-6-5-7-15(10-13)23-17-8-3-4-9-19-17/h3-10,12,16,20H,2,11H2,1H3. The summed E-state index contributed by atoms with van der Waals surface area (Å²) in [7, 11) is 0. The number of carbonyl (C=O) groups excluding carboxylic acids is 1. The first-order valence-corrected chi connectivity index (χ1v) is 7.57. The summed E-state index contributed by atoms with van der Waals surface area (Å²) in [5.41, 5.74) is 2.06. The monoisotopic (exact) mass is 310 g/mol. The van der Waals surface area contributed by atoms with E-state index in [4.69, 9.17) is 9.47 Å². The molecule has 1 aromatic carbocycles. The van der Waals surface area contributed by atoms with E-state index < -0.39 is 0 Å². The van der Waals surface area contributed by atoms with Crippen molar-refractivity contribution in [1.29, 1.82) is 0 Å². The van der Waals surface area contributed by atoms with Crippen LogP contribution >= 0.6 is 0 Å². The third-order valence-electron chi connectivity index (χ3n) is 3.52. The topological polar surface area (TPSA) is 60.5 Å². The molecule has 3 rings (SSSR count). The molecule has 0 fully saturated rings. The van der Waals surface area contributed by atoms with Gasteiger partial charge in [-0.3, -0.25) is 0 Å². The van der Waals surface area contributed by atoms with E-state index in [0.29, 0.717) is 24.7 Å². The summed E-state index contributed by atoms with van der Waals surface area (Å²) in [6.45, 7) is 2.19. The third kappa shape index (κ3) is 3.69. The SMILES string of the molecule is CCOC(=O)C1CC(c2cccc(Oc3ccccn3)c2)=CN1. The summed E-state index contributed by atoms with van der Waals surface area (Å²) < 4.78 is 10.8. The number of aromatic nitrogens is 1. The van der Waals surface area contributed by atoms with Crippen LogP contribution in [0.2, 0.25) is 0 Å². The molecule has 0 spiro atoms. The molecular formula is C18H18N2O3. The molecule has 0 bridgehead atoms. The van der Waals surface area contributed by atoms with Crippen molar-refractivity contribution in [2.45, 2.75) is 19.4 Å². The molecule has 2 aromatic rings. The van der Waals surface area contributed by atoms with E-state index in [9.17, 15) is 4.79 Å². The van der Waals surface area contributed by atoms with Gasteiger partial charge in [0, 0.05) is 24.9 Å². The van der Waals surface area contributed by atoms with Gasteiger partial charge in [-0.05, 0) is 36.3 Å². The molecule has 0 saturated carbocycles. The smallest absolute Gasteiger partial charge is 0.328 e. The second kappa shape index (κ2) is 6.96. The van der Waals surface area contributed by atoms with Gasteiger partial charge < -0.3 is 14.8 Å². The number of rotatable bonds is 5. The lowest BCUT2D eigenvalue weighted by Gasteiger charge is -2.10. The van der Waals surface area contributed by atoms with Gasteiger partial charge in [0.15, 0.2) is 0 Å². The Morgan fingerprint density at radius 2 is 2.22 bits per heavy atom. The van der Waals surface area contributed by atoms with Gasteiger partial charge in [-0.2, -0.15) is 0 Å². The first-order chi connectivity index (χ1) is 11.3. The highest BCUT2D eigenvalue weighted by Crippen LogP contribution is 2.28. The van der Waals surface area contributed by atoms with Crippen molar-refractivity contribution in [2.75, 3.05) is 6.61 Å². The number of ether oxygens (including phenoxy) is 2. The van der Waals surface area contributed by atoms with E-state index >= 15 is 0 Å². The summed E-state index contributed by atoms with van der Waals surface area (Å²) in [4.78, 5) is 15.9. The Morgan fingerprint density at radius 1 is 1.30 bits per heavy atom. The number of esters is 1. The lowest BCUT2D eigenvalue weighted by atomic mass is 10.0. The Hall–Kier alpha value is -2.82. The molecule has 0 radical (unpaired) electrons. The minimum Gasteiger partial charge on any atom is -0.464 e. The second-order valence-corrected chi connectivity index (χ2v) is 5.14. The van der Waals surface area contributed by atoms with Gasteiger partial charge in [-0.25, -0.2) is 9.78 Å². The van der Waals surface area contributed by atoms with Crippen molar-refractivity contribution >= 4 is 11.5 Å². The fourth-order valence-electron chi connectivity index (χ4n) is 2.42. The fraction of sp³-hybridized carbons (Fsp3) is 0.222. The molecule has 2 heterocycles. The van der Waals surface area contributed by atoms with Gasteiger partial charge in [-0.1, -0.05) is 18.2 Å². The maximum atomic E-state index is 11.8. The van der Waals surface area contributed by atoms with Gasteiger partial charge >= 0.3 is 5.97 Å². The average Bonchev–Trinajstić information content (AvgIpc) is 3.06. The van der Waals surface area contributed by atoms with E-state index in [1.807, 2.05) is 42.6 Å². The zero-order valence-corrected chi connectivity index (χ0v) is 12.9. The number of pyridine rings is 1. The lowest BCUT2D eigenvalue weighted by molar-refractivity contribution is -0.145. The van der Waals surface area contributed by atoms with E-state index in [1.54, 1.807) is 19.2 Å². The molecule has 1 aliphatic heterocycles. The van der Waals surface area contributed by atoms with Crippen LogP contribution in [0.1, 0.15) is 18.9 Å². The number of hydrogen-bond acceptors (Lipinski definition) is 5.